The second-order valence-electron chi connectivity index (χ2n) is 11.0. The number of nitrogens with one attached hydrogen (secondary N) is 3. The Bertz CT molecular complexity index is 1260. The Morgan fingerprint density at radius 2 is 1.84 bits per heavy atom. The molecule has 1 saturated heterocycles. The van der Waals surface area contributed by atoms with Crippen molar-refractivity contribution in [1.29, 1.82) is 0 Å². The first-order valence-corrected chi connectivity index (χ1v) is 13.2. The first kappa shape index (κ1) is 25.1. The molecule has 2 aromatic carbocycles. The van der Waals surface area contributed by atoms with Crippen LogP contribution in [0.3, 0.4) is 0 Å². The molecule has 0 radical (unpaired) electrons. The van der Waals surface area contributed by atoms with Gasteiger partial charge in [0.15, 0.2) is 5.78 Å². The number of hydrogen-bond acceptors (Lipinski definition) is 6. The van der Waals surface area contributed by atoms with Gasteiger partial charge in [-0.15, -0.1) is 0 Å². The number of amides is 1. The predicted octanol–water partition coefficient (Wildman–Crippen LogP) is 4.18. The maximum Gasteiger partial charge on any atom is 0.408 e. The molecule has 37 heavy (non-hydrogen) atoms. The van der Waals surface area contributed by atoms with Crippen molar-refractivity contribution in [2.24, 2.45) is 0 Å². The molecular formula is C29H37N5O3. The number of carbonyl (C=O) groups excluding carboxylic acids is 2. The van der Waals surface area contributed by atoms with E-state index in [1.807, 2.05) is 33.0 Å². The largest absolute Gasteiger partial charge is 0.444 e. The number of alkyl carbamates (subject to hydrolysis) is 1. The summed E-state index contributed by atoms with van der Waals surface area (Å²) in [5, 5.41) is 7.55. The van der Waals surface area contributed by atoms with Crippen LogP contribution in [0.2, 0.25) is 0 Å². The van der Waals surface area contributed by atoms with Crippen molar-refractivity contribution in [2.75, 3.05) is 42.9 Å². The number of anilines is 2. The van der Waals surface area contributed by atoms with Gasteiger partial charge in [0, 0.05) is 60.7 Å². The monoisotopic (exact) mass is 503 g/mol. The van der Waals surface area contributed by atoms with E-state index in [1.165, 1.54) is 16.6 Å². The number of hydrogen-bond donors (Lipinski definition) is 3. The molecule has 0 spiro atoms. The molecule has 0 saturated carbocycles. The zero-order valence-electron chi connectivity index (χ0n) is 21.9. The summed E-state index contributed by atoms with van der Waals surface area (Å²) in [6.45, 7) is 8.58. The molecule has 196 valence electrons. The van der Waals surface area contributed by atoms with E-state index in [2.05, 4.69) is 67.9 Å². The fraction of sp³-hybridized carbons (Fsp3) is 0.448. The number of piperazine rings is 1. The SMILES string of the molecule is CC(C)(C)OC(=O)NCC(=O)C(C1CCc2ccccc2N1)N1CCN(c2cccc3[nH]ccc23)CC1. The minimum atomic E-state index is -0.611. The summed E-state index contributed by atoms with van der Waals surface area (Å²) >= 11 is 0. The molecule has 2 aliphatic heterocycles. The van der Waals surface area contributed by atoms with Crippen LogP contribution >= 0.6 is 0 Å². The minimum Gasteiger partial charge on any atom is -0.444 e. The lowest BCUT2D eigenvalue weighted by Crippen LogP contribution is -2.60. The summed E-state index contributed by atoms with van der Waals surface area (Å²) < 4.78 is 5.36. The molecule has 0 bridgehead atoms. The van der Waals surface area contributed by atoms with Crippen molar-refractivity contribution in [2.45, 2.75) is 51.3 Å². The van der Waals surface area contributed by atoms with Gasteiger partial charge in [0.25, 0.3) is 0 Å². The van der Waals surface area contributed by atoms with Crippen molar-refractivity contribution >= 4 is 34.2 Å². The standard InChI is InChI=1S/C29H37N5O3/c1-29(2,3)37-28(36)31-19-26(35)27(24-12-11-20-7-4-5-8-22(20)32-24)34-17-15-33(16-18-34)25-10-6-9-23-21(25)13-14-30-23/h4-10,13-14,24,27,30,32H,11-12,15-19H2,1-3H3,(H,31,36). The van der Waals surface area contributed by atoms with Crippen LogP contribution in [0.1, 0.15) is 32.8 Å². The van der Waals surface area contributed by atoms with Crippen molar-refractivity contribution in [3.05, 3.63) is 60.3 Å². The molecule has 1 amide bonds. The number of nitrogens with zero attached hydrogens (tertiary/aromatic N) is 2. The number of ether oxygens (including phenoxy) is 1. The fourth-order valence-electron chi connectivity index (χ4n) is 5.54. The van der Waals surface area contributed by atoms with Gasteiger partial charge in [-0.05, 0) is 63.4 Å². The number of aryl methyl sites for hydroxylation is 1. The second-order valence-corrected chi connectivity index (χ2v) is 11.0. The van der Waals surface area contributed by atoms with E-state index >= 15 is 0 Å². The Morgan fingerprint density at radius 3 is 2.62 bits per heavy atom. The molecule has 3 aromatic rings. The number of ketones is 1. The van der Waals surface area contributed by atoms with E-state index in [-0.39, 0.29) is 24.4 Å². The van der Waals surface area contributed by atoms with Gasteiger partial charge in [-0.1, -0.05) is 24.3 Å². The summed E-state index contributed by atoms with van der Waals surface area (Å²) in [5.74, 6) is 0.00364. The van der Waals surface area contributed by atoms with Crippen molar-refractivity contribution in [3.8, 4) is 0 Å². The summed E-state index contributed by atoms with van der Waals surface area (Å²) in [5.41, 5.74) is 4.11. The average Bonchev–Trinajstić information content (AvgIpc) is 3.36. The van der Waals surface area contributed by atoms with E-state index < -0.39 is 11.7 Å². The van der Waals surface area contributed by atoms with Gasteiger partial charge in [-0.25, -0.2) is 4.79 Å². The molecule has 0 aliphatic carbocycles. The second kappa shape index (κ2) is 10.5. The Morgan fingerprint density at radius 1 is 1.05 bits per heavy atom. The smallest absolute Gasteiger partial charge is 0.408 e. The van der Waals surface area contributed by atoms with Gasteiger partial charge in [-0.2, -0.15) is 0 Å². The Labute approximate surface area is 218 Å². The zero-order chi connectivity index (χ0) is 26.0. The number of carbonyl (C=O) groups is 2. The number of aromatic amines is 1. The van der Waals surface area contributed by atoms with Crippen LogP contribution in [0.15, 0.2) is 54.7 Å². The summed E-state index contributed by atoms with van der Waals surface area (Å²) in [6.07, 6.45) is 3.20. The molecule has 8 heteroatoms. The number of rotatable bonds is 6. The maximum atomic E-state index is 13.6. The molecule has 1 aromatic heterocycles. The van der Waals surface area contributed by atoms with Crippen LogP contribution in [0.4, 0.5) is 16.2 Å². The van der Waals surface area contributed by atoms with Gasteiger partial charge < -0.3 is 25.3 Å². The summed E-state index contributed by atoms with van der Waals surface area (Å²) in [4.78, 5) is 33.9. The zero-order valence-corrected chi connectivity index (χ0v) is 21.9. The van der Waals surface area contributed by atoms with Crippen LogP contribution in [0.5, 0.6) is 0 Å². The topological polar surface area (TPSA) is 89.7 Å². The van der Waals surface area contributed by atoms with Gasteiger partial charge in [-0.3, -0.25) is 9.69 Å². The van der Waals surface area contributed by atoms with E-state index in [4.69, 9.17) is 4.74 Å². The number of benzene rings is 2. The van der Waals surface area contributed by atoms with E-state index in [9.17, 15) is 9.59 Å². The number of fused-ring (bicyclic) bond motifs is 2. The van der Waals surface area contributed by atoms with Crippen molar-refractivity contribution in [1.82, 2.24) is 15.2 Å². The highest BCUT2D eigenvalue weighted by molar-refractivity contribution is 5.92. The number of para-hydroxylation sites is 1. The highest BCUT2D eigenvalue weighted by Gasteiger charge is 2.37. The van der Waals surface area contributed by atoms with E-state index in [0.717, 1.165) is 50.2 Å². The lowest BCUT2D eigenvalue weighted by atomic mass is 9.90. The Kier molecular flexibility index (Phi) is 7.11. The molecule has 3 N–H and O–H groups in total. The lowest BCUT2D eigenvalue weighted by molar-refractivity contribution is -0.124. The van der Waals surface area contributed by atoms with E-state index in [0.29, 0.717) is 0 Å². The third-order valence-electron chi connectivity index (χ3n) is 7.22. The lowest BCUT2D eigenvalue weighted by Gasteiger charge is -2.44. The molecule has 2 unspecified atom stereocenters. The molecule has 1 fully saturated rings. The Balaban J connectivity index is 1.31. The minimum absolute atomic E-state index is 0.00364. The number of H-pyrrole nitrogens is 1. The molecule has 3 heterocycles. The number of Topliss-reactive ketones (excluding diaryl/α,β-unsaturated/α-hetero) is 1. The highest BCUT2D eigenvalue weighted by atomic mass is 16.6. The quantitative estimate of drug-likeness (QED) is 0.468. The van der Waals surface area contributed by atoms with Crippen molar-refractivity contribution in [3.63, 3.8) is 0 Å². The maximum absolute atomic E-state index is 13.6. The molecular weight excluding hydrogens is 466 g/mol. The average molecular weight is 504 g/mol. The summed E-state index contributed by atoms with van der Waals surface area (Å²) in [7, 11) is 0. The van der Waals surface area contributed by atoms with Gasteiger partial charge in [0.2, 0.25) is 0 Å². The van der Waals surface area contributed by atoms with Gasteiger partial charge in [0.1, 0.15) is 5.60 Å². The van der Waals surface area contributed by atoms with Gasteiger partial charge >= 0.3 is 6.09 Å². The molecule has 2 aliphatic rings. The fourth-order valence-corrected chi connectivity index (χ4v) is 5.54. The normalized spacial score (nSPS) is 19.1. The Hall–Kier alpha value is -3.52. The molecule has 8 nitrogen and oxygen atoms in total. The first-order chi connectivity index (χ1) is 17.8. The van der Waals surface area contributed by atoms with Crippen molar-refractivity contribution < 1.29 is 14.3 Å². The van der Waals surface area contributed by atoms with Crippen LogP contribution in [-0.2, 0) is 16.0 Å². The number of aromatic nitrogens is 1. The third kappa shape index (κ3) is 5.74. The van der Waals surface area contributed by atoms with Crippen LogP contribution < -0.4 is 15.5 Å². The molecule has 5 rings (SSSR count). The van der Waals surface area contributed by atoms with Crippen LogP contribution in [-0.4, -0.2) is 72.2 Å². The first-order valence-electron chi connectivity index (χ1n) is 13.2. The van der Waals surface area contributed by atoms with Crippen LogP contribution in [0.25, 0.3) is 10.9 Å². The van der Waals surface area contributed by atoms with E-state index in [1.54, 1.807) is 0 Å². The highest BCUT2D eigenvalue weighted by Crippen LogP contribution is 2.30. The summed E-state index contributed by atoms with van der Waals surface area (Å²) in [6, 6.07) is 16.4. The van der Waals surface area contributed by atoms with Gasteiger partial charge in [0.05, 0.1) is 12.6 Å². The van der Waals surface area contributed by atoms with Crippen LogP contribution in [0, 0.1) is 0 Å². The predicted molar refractivity (Wildman–Crippen MR) is 147 cm³/mol. The third-order valence-corrected chi connectivity index (χ3v) is 7.22. The molecule has 2 atom stereocenters.